The fourth-order valence-electron chi connectivity index (χ4n) is 2.57. The van der Waals surface area contributed by atoms with Gasteiger partial charge in [-0.25, -0.2) is 4.79 Å². The second kappa shape index (κ2) is 8.82. The molecule has 0 aliphatic carbocycles. The summed E-state index contributed by atoms with van der Waals surface area (Å²) in [6.45, 7) is 2.98. The fourth-order valence-corrected chi connectivity index (χ4v) is 3.09. The van der Waals surface area contributed by atoms with Gasteiger partial charge in [0.2, 0.25) is 0 Å². The monoisotopic (exact) mass is 418 g/mol. The number of aliphatic carboxylic acids is 1. The number of aliphatic imine (C=N–C) groups is 1. The zero-order chi connectivity index (χ0) is 18.4. The molecule has 1 saturated heterocycles. The van der Waals surface area contributed by atoms with Crippen molar-refractivity contribution in [2.45, 2.75) is 0 Å². The topological polar surface area (TPSA) is 71.4 Å². The zero-order valence-corrected chi connectivity index (χ0v) is 15.7. The molecule has 1 fully saturated rings. The van der Waals surface area contributed by atoms with Gasteiger partial charge in [-0.15, -0.1) is 0 Å². The summed E-state index contributed by atoms with van der Waals surface area (Å²) >= 11 is 3.38. The third kappa shape index (κ3) is 5.06. The molecular weight excluding hydrogens is 400 g/mol. The molecule has 3 rings (SSSR count). The number of nitrogens with zero attached hydrogens (tertiary/aromatic N) is 2. The van der Waals surface area contributed by atoms with Gasteiger partial charge in [-0.3, -0.25) is 4.99 Å². The van der Waals surface area contributed by atoms with E-state index in [4.69, 9.17) is 14.6 Å². The van der Waals surface area contributed by atoms with E-state index >= 15 is 0 Å². The molecule has 6 nitrogen and oxygen atoms in total. The molecule has 0 unspecified atom stereocenters. The average Bonchev–Trinajstić information content (AvgIpc) is 2.66. The second-order valence-corrected chi connectivity index (χ2v) is 6.60. The van der Waals surface area contributed by atoms with Crippen molar-refractivity contribution in [1.82, 2.24) is 0 Å². The number of ether oxygens (including phenoxy) is 2. The van der Waals surface area contributed by atoms with Gasteiger partial charge in [0.1, 0.15) is 5.75 Å². The van der Waals surface area contributed by atoms with Crippen LogP contribution in [0.3, 0.4) is 0 Å². The number of carboxylic acid groups (broad SMARTS) is 1. The molecule has 2 aromatic carbocycles. The quantitative estimate of drug-likeness (QED) is 0.726. The minimum absolute atomic E-state index is 0.373. The normalized spacial score (nSPS) is 14.6. The van der Waals surface area contributed by atoms with E-state index in [0.717, 1.165) is 37.6 Å². The number of hydrogen-bond donors (Lipinski definition) is 1. The van der Waals surface area contributed by atoms with Gasteiger partial charge in [-0.1, -0.05) is 0 Å². The van der Waals surface area contributed by atoms with E-state index in [9.17, 15) is 4.79 Å². The summed E-state index contributed by atoms with van der Waals surface area (Å²) in [5.41, 5.74) is 2.93. The number of rotatable bonds is 6. The molecule has 0 bridgehead atoms. The highest BCUT2D eigenvalue weighted by Gasteiger charge is 2.10. The highest BCUT2D eigenvalue weighted by Crippen LogP contribution is 2.26. The van der Waals surface area contributed by atoms with E-state index in [-0.39, 0.29) is 6.61 Å². The summed E-state index contributed by atoms with van der Waals surface area (Å²) in [7, 11) is 0. The number of anilines is 1. The highest BCUT2D eigenvalue weighted by atomic mass is 79.9. The summed E-state index contributed by atoms with van der Waals surface area (Å²) in [5, 5.41) is 8.66. The maximum atomic E-state index is 10.6. The smallest absolute Gasteiger partial charge is 0.341 e. The van der Waals surface area contributed by atoms with Gasteiger partial charge >= 0.3 is 5.97 Å². The van der Waals surface area contributed by atoms with Crippen LogP contribution in [0, 0.1) is 0 Å². The predicted molar refractivity (Wildman–Crippen MR) is 104 cm³/mol. The minimum Gasteiger partial charge on any atom is -0.481 e. The van der Waals surface area contributed by atoms with Gasteiger partial charge in [0.15, 0.2) is 6.61 Å². The van der Waals surface area contributed by atoms with E-state index in [0.29, 0.717) is 10.2 Å². The molecule has 0 saturated carbocycles. The van der Waals surface area contributed by atoms with E-state index in [1.54, 1.807) is 12.3 Å². The molecule has 1 aliphatic rings. The number of morpholine rings is 1. The Kier molecular flexibility index (Phi) is 6.25. The van der Waals surface area contributed by atoms with Crippen LogP contribution in [0.4, 0.5) is 11.4 Å². The van der Waals surface area contributed by atoms with Crippen molar-refractivity contribution in [3.63, 3.8) is 0 Å². The Bertz CT molecular complexity index is 787. The molecule has 1 heterocycles. The van der Waals surface area contributed by atoms with Crippen molar-refractivity contribution in [1.29, 1.82) is 0 Å². The number of carboxylic acids is 1. The SMILES string of the molecule is O=C(O)COc1ccc(C=Nc2ccc(N3CCOCC3)cc2)cc1Br. The lowest BCUT2D eigenvalue weighted by Gasteiger charge is -2.28. The third-order valence-corrected chi connectivity index (χ3v) is 4.52. The standard InChI is InChI=1S/C19H19BrN2O4/c20-17-11-14(1-6-18(17)26-13-19(23)24)12-21-15-2-4-16(5-3-15)22-7-9-25-10-8-22/h1-6,11-12H,7-10,13H2,(H,23,24). The lowest BCUT2D eigenvalue weighted by atomic mass is 10.2. The molecule has 0 aromatic heterocycles. The van der Waals surface area contributed by atoms with Crippen molar-refractivity contribution >= 4 is 39.5 Å². The molecule has 0 amide bonds. The van der Waals surface area contributed by atoms with Crippen LogP contribution in [0.2, 0.25) is 0 Å². The van der Waals surface area contributed by atoms with Crippen molar-refractivity contribution in [3.05, 3.63) is 52.5 Å². The first kappa shape index (κ1) is 18.4. The number of benzene rings is 2. The van der Waals surface area contributed by atoms with Gasteiger partial charge in [-0.05, 0) is 64.0 Å². The Morgan fingerprint density at radius 1 is 1.23 bits per heavy atom. The highest BCUT2D eigenvalue weighted by molar-refractivity contribution is 9.10. The molecule has 0 radical (unpaired) electrons. The maximum absolute atomic E-state index is 10.6. The summed E-state index contributed by atoms with van der Waals surface area (Å²) in [5.74, 6) is -0.525. The first-order valence-electron chi connectivity index (χ1n) is 8.23. The van der Waals surface area contributed by atoms with Crippen molar-refractivity contribution < 1.29 is 19.4 Å². The van der Waals surface area contributed by atoms with Gasteiger partial charge in [0.25, 0.3) is 0 Å². The fraction of sp³-hybridized carbons (Fsp3) is 0.263. The molecule has 26 heavy (non-hydrogen) atoms. The minimum atomic E-state index is -1.01. The van der Waals surface area contributed by atoms with Crippen LogP contribution < -0.4 is 9.64 Å². The molecule has 136 valence electrons. The van der Waals surface area contributed by atoms with E-state index in [2.05, 4.69) is 38.0 Å². The van der Waals surface area contributed by atoms with Gasteiger partial charge in [0, 0.05) is 25.0 Å². The maximum Gasteiger partial charge on any atom is 0.341 e. The van der Waals surface area contributed by atoms with Crippen LogP contribution in [0.5, 0.6) is 5.75 Å². The van der Waals surface area contributed by atoms with E-state index in [1.807, 2.05) is 24.3 Å². The van der Waals surface area contributed by atoms with Crippen LogP contribution in [0.15, 0.2) is 51.9 Å². The van der Waals surface area contributed by atoms with Crippen LogP contribution in [0.25, 0.3) is 0 Å². The van der Waals surface area contributed by atoms with Crippen molar-refractivity contribution in [2.75, 3.05) is 37.8 Å². The Labute approximate surface area is 160 Å². The molecule has 1 aliphatic heterocycles. The lowest BCUT2D eigenvalue weighted by molar-refractivity contribution is -0.139. The third-order valence-electron chi connectivity index (χ3n) is 3.90. The first-order valence-corrected chi connectivity index (χ1v) is 9.02. The van der Waals surface area contributed by atoms with Crippen LogP contribution in [0.1, 0.15) is 5.56 Å². The van der Waals surface area contributed by atoms with Gasteiger partial charge in [-0.2, -0.15) is 0 Å². The van der Waals surface area contributed by atoms with E-state index in [1.165, 1.54) is 5.69 Å². The van der Waals surface area contributed by atoms with Crippen molar-refractivity contribution in [3.8, 4) is 5.75 Å². The molecular formula is C19H19BrN2O4. The summed E-state index contributed by atoms with van der Waals surface area (Å²) in [6, 6.07) is 13.5. The van der Waals surface area contributed by atoms with Crippen LogP contribution in [-0.2, 0) is 9.53 Å². The average molecular weight is 419 g/mol. The first-order chi connectivity index (χ1) is 12.6. The van der Waals surface area contributed by atoms with E-state index < -0.39 is 5.97 Å². The second-order valence-electron chi connectivity index (χ2n) is 5.75. The number of halogens is 1. The van der Waals surface area contributed by atoms with Gasteiger partial charge in [0.05, 0.1) is 23.4 Å². The largest absolute Gasteiger partial charge is 0.481 e. The van der Waals surface area contributed by atoms with Crippen molar-refractivity contribution in [2.24, 2.45) is 4.99 Å². The Morgan fingerprint density at radius 2 is 1.96 bits per heavy atom. The molecule has 0 atom stereocenters. The number of carbonyl (C=O) groups is 1. The molecule has 0 spiro atoms. The predicted octanol–water partition coefficient (Wildman–Crippen LogP) is 3.50. The molecule has 2 aromatic rings. The number of hydrogen-bond acceptors (Lipinski definition) is 5. The lowest BCUT2D eigenvalue weighted by Crippen LogP contribution is -2.36. The van der Waals surface area contributed by atoms with Gasteiger partial charge < -0.3 is 19.5 Å². The Balaban J connectivity index is 1.63. The molecule has 1 N–H and O–H groups in total. The van der Waals surface area contributed by atoms with Crippen LogP contribution in [-0.4, -0.2) is 50.2 Å². The van der Waals surface area contributed by atoms with Crippen LogP contribution >= 0.6 is 15.9 Å². The summed E-state index contributed by atoms with van der Waals surface area (Å²) in [4.78, 5) is 17.3. The molecule has 7 heteroatoms. The Hall–Kier alpha value is -2.38. The Morgan fingerprint density at radius 3 is 2.62 bits per heavy atom. The summed E-state index contributed by atoms with van der Waals surface area (Å²) in [6.07, 6.45) is 1.76. The summed E-state index contributed by atoms with van der Waals surface area (Å²) < 4.78 is 11.2. The zero-order valence-electron chi connectivity index (χ0n) is 14.1.